The number of nitrogens with zero attached hydrogens (tertiary/aromatic N) is 4. The summed E-state index contributed by atoms with van der Waals surface area (Å²) in [6.07, 6.45) is 4.29. The smallest absolute Gasteiger partial charge is 0.249 e. The molecule has 9 heteroatoms. The first-order valence-electron chi connectivity index (χ1n) is 8.63. The minimum atomic E-state index is -0.312. The van der Waals surface area contributed by atoms with E-state index in [1.165, 1.54) is 11.2 Å². The van der Waals surface area contributed by atoms with Gasteiger partial charge in [0.1, 0.15) is 12.4 Å². The Bertz CT molecular complexity index is 797. The molecule has 0 aliphatic rings. The molecule has 8 nitrogen and oxygen atoms in total. The first-order chi connectivity index (χ1) is 12.6. The largest absolute Gasteiger partial charge is 0.344 e. The molecular weight excluding hydrogens is 352 g/mol. The molecule has 1 atom stereocenters. The van der Waals surface area contributed by atoms with Gasteiger partial charge in [0.25, 0.3) is 0 Å². The van der Waals surface area contributed by atoms with Gasteiger partial charge in [-0.05, 0) is 36.6 Å². The van der Waals surface area contributed by atoms with Crippen LogP contribution >= 0.6 is 11.3 Å². The second-order valence-electron chi connectivity index (χ2n) is 6.47. The van der Waals surface area contributed by atoms with Crippen LogP contribution in [0.3, 0.4) is 0 Å². The highest BCUT2D eigenvalue weighted by Gasteiger charge is 2.23. The highest BCUT2D eigenvalue weighted by Crippen LogP contribution is 2.22. The first-order valence-corrected chi connectivity index (χ1v) is 9.51. The zero-order valence-corrected chi connectivity index (χ0v) is 15.6. The van der Waals surface area contributed by atoms with E-state index in [0.29, 0.717) is 36.3 Å². The maximum Gasteiger partial charge on any atom is 0.249 e. The van der Waals surface area contributed by atoms with Crippen LogP contribution in [0.2, 0.25) is 0 Å². The Morgan fingerprint density at radius 1 is 1.42 bits per heavy atom. The average molecular weight is 374 g/mol. The number of carbonyl (C=O) groups is 1. The van der Waals surface area contributed by atoms with Crippen molar-refractivity contribution in [2.75, 3.05) is 0 Å². The van der Waals surface area contributed by atoms with Crippen molar-refractivity contribution in [1.29, 1.82) is 0 Å². The van der Waals surface area contributed by atoms with Gasteiger partial charge in [0.2, 0.25) is 17.6 Å². The molecular formula is C17H22N6O2S. The van der Waals surface area contributed by atoms with Crippen LogP contribution in [0.4, 0.5) is 0 Å². The summed E-state index contributed by atoms with van der Waals surface area (Å²) >= 11 is 1.72. The van der Waals surface area contributed by atoms with Gasteiger partial charge in [-0.3, -0.25) is 9.89 Å². The number of H-pyrrole nitrogens is 1. The minimum Gasteiger partial charge on any atom is -0.344 e. The van der Waals surface area contributed by atoms with Gasteiger partial charge in [0, 0.05) is 11.3 Å². The first kappa shape index (κ1) is 18.2. The lowest BCUT2D eigenvalue weighted by molar-refractivity contribution is -0.122. The monoisotopic (exact) mass is 374 g/mol. The number of aromatic amines is 1. The molecule has 3 rings (SSSR count). The van der Waals surface area contributed by atoms with E-state index in [1.54, 1.807) is 11.3 Å². The number of aryl methyl sites for hydroxylation is 1. The third kappa shape index (κ3) is 4.98. The van der Waals surface area contributed by atoms with Gasteiger partial charge in [-0.15, -0.1) is 11.3 Å². The van der Waals surface area contributed by atoms with Crippen LogP contribution < -0.4 is 5.32 Å². The summed E-state index contributed by atoms with van der Waals surface area (Å²) in [5.41, 5.74) is 0. The zero-order chi connectivity index (χ0) is 18.4. The summed E-state index contributed by atoms with van der Waals surface area (Å²) in [6, 6.07) is 3.81. The number of hydrogen-bond donors (Lipinski definition) is 2. The van der Waals surface area contributed by atoms with Gasteiger partial charge in [-0.1, -0.05) is 25.1 Å². The summed E-state index contributed by atoms with van der Waals surface area (Å²) in [5.74, 6) is 1.51. The van der Waals surface area contributed by atoms with E-state index < -0.39 is 0 Å². The summed E-state index contributed by atoms with van der Waals surface area (Å²) < 4.78 is 5.35. The highest BCUT2D eigenvalue weighted by molar-refractivity contribution is 7.09. The summed E-state index contributed by atoms with van der Waals surface area (Å²) in [4.78, 5) is 22.0. The fourth-order valence-corrected chi connectivity index (χ4v) is 3.37. The van der Waals surface area contributed by atoms with Gasteiger partial charge in [-0.2, -0.15) is 10.1 Å². The fourth-order valence-electron chi connectivity index (χ4n) is 2.62. The standard InChI is InChI=1S/C17H22N6O2S/c1-11(2)9-13(17-21-16(23-25-17)15-18-10-19-22-15)20-14(24)7-3-5-12-6-4-8-26-12/h4,6,8,10-11,13H,3,5,7,9H2,1-2H3,(H,20,24)(H,18,19,22)/t13-/m0/s1. The third-order valence-electron chi connectivity index (χ3n) is 3.82. The minimum absolute atomic E-state index is 0.00776. The Labute approximate surface area is 155 Å². The fraction of sp³-hybridized carbons (Fsp3) is 0.471. The molecule has 0 bridgehead atoms. The number of thiophene rings is 1. The molecule has 0 radical (unpaired) electrons. The molecule has 3 aromatic rings. The van der Waals surface area contributed by atoms with Crippen molar-refractivity contribution < 1.29 is 9.32 Å². The van der Waals surface area contributed by atoms with E-state index in [2.05, 4.69) is 55.9 Å². The summed E-state index contributed by atoms with van der Waals surface area (Å²) in [5, 5.41) is 15.5. The number of amides is 1. The number of rotatable bonds is 9. The molecule has 138 valence electrons. The molecule has 26 heavy (non-hydrogen) atoms. The van der Waals surface area contributed by atoms with Gasteiger partial charge in [0.05, 0.1) is 0 Å². The van der Waals surface area contributed by atoms with E-state index in [-0.39, 0.29) is 11.9 Å². The molecule has 2 N–H and O–H groups in total. The molecule has 3 aromatic heterocycles. The second-order valence-corrected chi connectivity index (χ2v) is 7.51. The molecule has 0 spiro atoms. The van der Waals surface area contributed by atoms with E-state index in [4.69, 9.17) is 4.52 Å². The van der Waals surface area contributed by atoms with Gasteiger partial charge in [0.15, 0.2) is 5.82 Å². The molecule has 3 heterocycles. The van der Waals surface area contributed by atoms with Crippen LogP contribution in [0.25, 0.3) is 11.6 Å². The Balaban J connectivity index is 1.59. The predicted octanol–water partition coefficient (Wildman–Crippen LogP) is 3.14. The molecule has 0 aromatic carbocycles. The van der Waals surface area contributed by atoms with E-state index in [1.807, 2.05) is 6.07 Å². The number of hydrogen-bond acceptors (Lipinski definition) is 7. The van der Waals surface area contributed by atoms with Crippen molar-refractivity contribution in [2.24, 2.45) is 5.92 Å². The molecule has 0 unspecified atom stereocenters. The van der Waals surface area contributed by atoms with Crippen molar-refractivity contribution in [2.45, 2.75) is 45.6 Å². The number of carbonyl (C=O) groups excluding carboxylic acids is 1. The van der Waals surface area contributed by atoms with Crippen LogP contribution in [0.5, 0.6) is 0 Å². The normalized spacial score (nSPS) is 12.4. The van der Waals surface area contributed by atoms with Crippen molar-refractivity contribution in [1.82, 2.24) is 30.6 Å². The Kier molecular flexibility index (Phi) is 6.11. The average Bonchev–Trinajstić information content (AvgIpc) is 3.35. The molecule has 0 saturated heterocycles. The lowest BCUT2D eigenvalue weighted by atomic mass is 10.0. The van der Waals surface area contributed by atoms with Crippen molar-refractivity contribution in [3.63, 3.8) is 0 Å². The van der Waals surface area contributed by atoms with E-state index in [9.17, 15) is 4.79 Å². The topological polar surface area (TPSA) is 110 Å². The zero-order valence-electron chi connectivity index (χ0n) is 14.8. The van der Waals surface area contributed by atoms with Crippen LogP contribution in [0, 0.1) is 5.92 Å². The van der Waals surface area contributed by atoms with Crippen LogP contribution in [0.15, 0.2) is 28.4 Å². The molecule has 1 amide bonds. The Morgan fingerprint density at radius 3 is 3.00 bits per heavy atom. The molecule has 0 aliphatic carbocycles. The van der Waals surface area contributed by atoms with E-state index >= 15 is 0 Å². The molecule has 0 aliphatic heterocycles. The van der Waals surface area contributed by atoms with Gasteiger partial charge in [-0.25, -0.2) is 4.98 Å². The quantitative estimate of drug-likeness (QED) is 0.595. The van der Waals surface area contributed by atoms with Crippen molar-refractivity contribution >= 4 is 17.2 Å². The lowest BCUT2D eigenvalue weighted by Gasteiger charge is -2.17. The molecule has 0 saturated carbocycles. The van der Waals surface area contributed by atoms with E-state index in [0.717, 1.165) is 12.8 Å². The third-order valence-corrected chi connectivity index (χ3v) is 4.75. The Morgan fingerprint density at radius 2 is 2.31 bits per heavy atom. The van der Waals surface area contributed by atoms with Gasteiger partial charge >= 0.3 is 0 Å². The van der Waals surface area contributed by atoms with Crippen molar-refractivity contribution in [3.8, 4) is 11.6 Å². The van der Waals surface area contributed by atoms with Crippen LogP contribution in [-0.4, -0.2) is 31.2 Å². The number of nitrogens with one attached hydrogen (secondary N) is 2. The second kappa shape index (κ2) is 8.70. The van der Waals surface area contributed by atoms with Crippen molar-refractivity contribution in [3.05, 3.63) is 34.6 Å². The lowest BCUT2D eigenvalue weighted by Crippen LogP contribution is -2.29. The highest BCUT2D eigenvalue weighted by atomic mass is 32.1. The summed E-state index contributed by atoms with van der Waals surface area (Å²) in [7, 11) is 0. The summed E-state index contributed by atoms with van der Waals surface area (Å²) in [6.45, 7) is 4.17. The maximum atomic E-state index is 12.3. The maximum absolute atomic E-state index is 12.3. The van der Waals surface area contributed by atoms with Gasteiger partial charge < -0.3 is 9.84 Å². The van der Waals surface area contributed by atoms with Crippen LogP contribution in [-0.2, 0) is 11.2 Å². The number of aromatic nitrogens is 5. The predicted molar refractivity (Wildman–Crippen MR) is 97.3 cm³/mol. The molecule has 0 fully saturated rings. The Hall–Kier alpha value is -2.55. The SMILES string of the molecule is CC(C)C[C@H](NC(=O)CCCc1cccs1)c1nc(-c2ncn[nH]2)no1. The van der Waals surface area contributed by atoms with Crippen LogP contribution in [0.1, 0.15) is 49.9 Å².